The van der Waals surface area contributed by atoms with Gasteiger partial charge in [-0.3, -0.25) is 4.79 Å². The fourth-order valence-corrected chi connectivity index (χ4v) is 2.27. The lowest BCUT2D eigenvalue weighted by atomic mass is 10.3. The van der Waals surface area contributed by atoms with Crippen LogP contribution in [-0.2, 0) is 9.53 Å². The van der Waals surface area contributed by atoms with Gasteiger partial charge in [0, 0.05) is 26.2 Å². The molecule has 1 heterocycles. The predicted molar refractivity (Wildman–Crippen MR) is 77.1 cm³/mol. The van der Waals surface area contributed by atoms with E-state index in [1.807, 2.05) is 0 Å². The van der Waals surface area contributed by atoms with Gasteiger partial charge in [-0.25, -0.2) is 9.18 Å². The molecule has 0 aromatic heterocycles. The fraction of sp³-hybridized carbons (Fsp3) is 0.467. The lowest BCUT2D eigenvalue weighted by Crippen LogP contribution is -2.39. The van der Waals surface area contributed by atoms with Crippen LogP contribution in [-0.4, -0.2) is 61.7 Å². The van der Waals surface area contributed by atoms with Crippen LogP contribution in [0.3, 0.4) is 0 Å². The monoisotopic (exact) mass is 310 g/mol. The van der Waals surface area contributed by atoms with Crippen molar-refractivity contribution in [2.45, 2.75) is 6.42 Å². The molecule has 1 aromatic carbocycles. The molecule has 0 unspecified atom stereocenters. The molecule has 0 aliphatic carbocycles. The number of carbonyl (C=O) groups excluding carboxylic acids is 2. The zero-order valence-electron chi connectivity index (χ0n) is 12.5. The number of amides is 2. The maximum Gasteiger partial charge on any atom is 0.409 e. The molecular weight excluding hydrogens is 291 g/mol. The molecule has 0 atom stereocenters. The maximum absolute atomic E-state index is 13.4. The molecule has 0 saturated carbocycles. The highest BCUT2D eigenvalue weighted by Crippen LogP contribution is 2.15. The number of nitrogens with zero attached hydrogens (tertiary/aromatic N) is 2. The number of hydrogen-bond acceptors (Lipinski definition) is 4. The second-order valence-electron chi connectivity index (χ2n) is 4.91. The Morgan fingerprint density at radius 2 is 1.82 bits per heavy atom. The Bertz CT molecular complexity index is 538. The lowest BCUT2D eigenvalue weighted by molar-refractivity contribution is -0.133. The molecule has 1 aliphatic rings. The van der Waals surface area contributed by atoms with Crippen LogP contribution < -0.4 is 4.74 Å². The number of hydrogen-bond donors (Lipinski definition) is 0. The molecule has 0 spiro atoms. The zero-order valence-corrected chi connectivity index (χ0v) is 12.5. The van der Waals surface area contributed by atoms with Crippen molar-refractivity contribution in [1.82, 2.24) is 9.80 Å². The van der Waals surface area contributed by atoms with E-state index in [-0.39, 0.29) is 18.3 Å². The summed E-state index contributed by atoms with van der Waals surface area (Å²) in [5.41, 5.74) is 0. The Balaban J connectivity index is 1.85. The van der Waals surface area contributed by atoms with E-state index >= 15 is 0 Å². The first-order valence-electron chi connectivity index (χ1n) is 7.10. The molecule has 0 radical (unpaired) electrons. The molecule has 1 fully saturated rings. The van der Waals surface area contributed by atoms with Crippen molar-refractivity contribution in [2.75, 3.05) is 39.9 Å². The van der Waals surface area contributed by atoms with Gasteiger partial charge < -0.3 is 19.3 Å². The second-order valence-corrected chi connectivity index (χ2v) is 4.91. The number of methoxy groups -OCH3 is 1. The van der Waals surface area contributed by atoms with Crippen molar-refractivity contribution < 1.29 is 23.5 Å². The van der Waals surface area contributed by atoms with Gasteiger partial charge in [0.05, 0.1) is 7.11 Å². The molecule has 2 rings (SSSR count). The minimum Gasteiger partial charge on any atom is -0.481 e. The van der Waals surface area contributed by atoms with E-state index in [9.17, 15) is 14.0 Å². The number of halogens is 1. The molecule has 7 heteroatoms. The summed E-state index contributed by atoms with van der Waals surface area (Å²) in [4.78, 5) is 26.8. The van der Waals surface area contributed by atoms with Crippen molar-refractivity contribution in [2.24, 2.45) is 0 Å². The van der Waals surface area contributed by atoms with Gasteiger partial charge in [0.15, 0.2) is 18.2 Å². The highest BCUT2D eigenvalue weighted by molar-refractivity contribution is 5.78. The largest absolute Gasteiger partial charge is 0.481 e. The number of ether oxygens (including phenoxy) is 2. The van der Waals surface area contributed by atoms with Crippen molar-refractivity contribution in [1.29, 1.82) is 0 Å². The minimum absolute atomic E-state index is 0.0573. The van der Waals surface area contributed by atoms with Crippen molar-refractivity contribution in [3.63, 3.8) is 0 Å². The molecule has 2 amide bonds. The Hall–Kier alpha value is -2.31. The Kier molecular flexibility index (Phi) is 5.57. The van der Waals surface area contributed by atoms with Gasteiger partial charge in [-0.05, 0) is 18.6 Å². The van der Waals surface area contributed by atoms with Gasteiger partial charge in [0.1, 0.15) is 0 Å². The van der Waals surface area contributed by atoms with Gasteiger partial charge in [0.2, 0.25) is 0 Å². The molecule has 1 aromatic rings. The van der Waals surface area contributed by atoms with E-state index in [4.69, 9.17) is 4.74 Å². The van der Waals surface area contributed by atoms with Crippen LogP contribution in [0, 0.1) is 5.82 Å². The summed E-state index contributed by atoms with van der Waals surface area (Å²) >= 11 is 0. The minimum atomic E-state index is -0.497. The topological polar surface area (TPSA) is 59.1 Å². The molecule has 0 bridgehead atoms. The third kappa shape index (κ3) is 4.09. The average molecular weight is 310 g/mol. The smallest absolute Gasteiger partial charge is 0.409 e. The van der Waals surface area contributed by atoms with Gasteiger partial charge in [0.25, 0.3) is 5.91 Å². The first kappa shape index (κ1) is 16.1. The molecular formula is C15H19FN2O4. The van der Waals surface area contributed by atoms with Crippen LogP contribution in [0.4, 0.5) is 9.18 Å². The van der Waals surface area contributed by atoms with E-state index in [0.717, 1.165) is 0 Å². The number of rotatable bonds is 3. The number of benzene rings is 1. The maximum atomic E-state index is 13.4. The fourth-order valence-electron chi connectivity index (χ4n) is 2.27. The van der Waals surface area contributed by atoms with Gasteiger partial charge in [-0.2, -0.15) is 0 Å². The van der Waals surface area contributed by atoms with Gasteiger partial charge in [-0.1, -0.05) is 12.1 Å². The highest BCUT2D eigenvalue weighted by atomic mass is 19.1. The quantitative estimate of drug-likeness (QED) is 0.849. The SMILES string of the molecule is COC(=O)N1CCCN(C(=O)COc2ccccc2F)CC1. The average Bonchev–Trinajstić information content (AvgIpc) is 2.79. The van der Waals surface area contributed by atoms with E-state index < -0.39 is 11.9 Å². The Morgan fingerprint density at radius 1 is 1.14 bits per heavy atom. The third-order valence-corrected chi connectivity index (χ3v) is 3.47. The van der Waals surface area contributed by atoms with E-state index in [2.05, 4.69) is 4.74 Å². The van der Waals surface area contributed by atoms with Gasteiger partial charge >= 0.3 is 6.09 Å². The summed E-state index contributed by atoms with van der Waals surface area (Å²) in [5.74, 6) is -0.667. The molecule has 6 nitrogen and oxygen atoms in total. The van der Waals surface area contributed by atoms with Crippen LogP contribution in [0.25, 0.3) is 0 Å². The Labute approximate surface area is 128 Å². The predicted octanol–water partition coefficient (Wildman–Crippen LogP) is 1.51. The third-order valence-electron chi connectivity index (χ3n) is 3.47. The van der Waals surface area contributed by atoms with Crippen LogP contribution in [0.15, 0.2) is 24.3 Å². The summed E-state index contributed by atoms with van der Waals surface area (Å²) in [6.07, 6.45) is 0.275. The molecule has 1 aliphatic heterocycles. The van der Waals surface area contributed by atoms with E-state index in [0.29, 0.717) is 32.6 Å². The standard InChI is InChI=1S/C15H19FN2O4/c1-21-15(20)18-8-4-7-17(9-10-18)14(19)11-22-13-6-3-2-5-12(13)16/h2-3,5-6H,4,7-11H2,1H3. The molecule has 22 heavy (non-hydrogen) atoms. The van der Waals surface area contributed by atoms with E-state index in [1.54, 1.807) is 21.9 Å². The number of para-hydroxylation sites is 1. The molecule has 1 saturated heterocycles. The van der Waals surface area contributed by atoms with Crippen molar-refractivity contribution >= 4 is 12.0 Å². The first-order chi connectivity index (χ1) is 10.6. The van der Waals surface area contributed by atoms with Crippen LogP contribution in [0.1, 0.15) is 6.42 Å². The molecule has 0 N–H and O–H groups in total. The zero-order chi connectivity index (χ0) is 15.9. The summed E-state index contributed by atoms with van der Waals surface area (Å²) in [5, 5.41) is 0. The Morgan fingerprint density at radius 3 is 2.55 bits per heavy atom. The van der Waals surface area contributed by atoms with E-state index in [1.165, 1.54) is 19.2 Å². The van der Waals surface area contributed by atoms with Gasteiger partial charge in [-0.15, -0.1) is 0 Å². The van der Waals surface area contributed by atoms with Crippen LogP contribution in [0.2, 0.25) is 0 Å². The highest BCUT2D eigenvalue weighted by Gasteiger charge is 2.22. The summed E-state index contributed by atoms with van der Waals surface area (Å²) in [6, 6.07) is 5.95. The number of carbonyl (C=O) groups is 2. The normalized spacial score (nSPS) is 15.2. The lowest BCUT2D eigenvalue weighted by Gasteiger charge is -2.21. The van der Waals surface area contributed by atoms with Crippen molar-refractivity contribution in [3.8, 4) is 5.75 Å². The summed E-state index contributed by atoms with van der Waals surface area (Å²) < 4.78 is 23.3. The summed E-state index contributed by atoms with van der Waals surface area (Å²) in [7, 11) is 1.33. The first-order valence-corrected chi connectivity index (χ1v) is 7.10. The second kappa shape index (κ2) is 7.63. The van der Waals surface area contributed by atoms with Crippen LogP contribution in [0.5, 0.6) is 5.75 Å². The molecule has 120 valence electrons. The summed E-state index contributed by atoms with van der Waals surface area (Å²) in [6.45, 7) is 1.68. The van der Waals surface area contributed by atoms with Crippen LogP contribution >= 0.6 is 0 Å². The van der Waals surface area contributed by atoms with Crippen molar-refractivity contribution in [3.05, 3.63) is 30.1 Å².